The third kappa shape index (κ3) is 3.84. The summed E-state index contributed by atoms with van der Waals surface area (Å²) in [6, 6.07) is 10.3. The van der Waals surface area contributed by atoms with E-state index in [-0.39, 0.29) is 34.2 Å². The van der Waals surface area contributed by atoms with Gasteiger partial charge in [0, 0.05) is 18.2 Å². The van der Waals surface area contributed by atoms with Crippen LogP contribution in [0.15, 0.2) is 57.2 Å². The SMILES string of the molecule is Cn1c(=O)[nH]c(=O)c2c1nc(N/N=C\c1c(F)cccc1Cl)n2Cc1ccccc1F. The molecule has 31 heavy (non-hydrogen) atoms. The summed E-state index contributed by atoms with van der Waals surface area (Å²) in [7, 11) is 1.44. The topological polar surface area (TPSA) is 97.1 Å². The van der Waals surface area contributed by atoms with Crippen molar-refractivity contribution in [2.24, 2.45) is 12.1 Å². The fourth-order valence-corrected chi connectivity index (χ4v) is 3.27. The highest BCUT2D eigenvalue weighted by molar-refractivity contribution is 6.33. The van der Waals surface area contributed by atoms with Crippen molar-refractivity contribution >= 4 is 34.9 Å². The van der Waals surface area contributed by atoms with E-state index < -0.39 is 22.9 Å². The molecule has 2 aromatic carbocycles. The Hall–Kier alpha value is -3.79. The summed E-state index contributed by atoms with van der Waals surface area (Å²) in [4.78, 5) is 30.9. The van der Waals surface area contributed by atoms with Gasteiger partial charge in [0.25, 0.3) is 5.56 Å². The number of H-pyrrole nitrogens is 1. The Labute approximate surface area is 178 Å². The minimum Gasteiger partial charge on any atom is -0.298 e. The molecule has 158 valence electrons. The lowest BCUT2D eigenvalue weighted by Gasteiger charge is -2.09. The molecule has 0 atom stereocenters. The van der Waals surface area contributed by atoms with E-state index in [1.54, 1.807) is 18.2 Å². The second-order valence-electron chi connectivity index (χ2n) is 6.61. The number of aryl methyl sites for hydroxylation is 1. The molecule has 0 unspecified atom stereocenters. The zero-order chi connectivity index (χ0) is 22.1. The first-order valence-electron chi connectivity index (χ1n) is 9.03. The number of benzene rings is 2. The van der Waals surface area contributed by atoms with Crippen LogP contribution >= 0.6 is 11.6 Å². The van der Waals surface area contributed by atoms with Crippen LogP contribution in [0, 0.1) is 11.6 Å². The maximum atomic E-state index is 14.2. The molecular formula is C20H15ClF2N6O2. The number of halogens is 3. The lowest BCUT2D eigenvalue weighted by atomic mass is 10.2. The average molecular weight is 445 g/mol. The molecule has 0 fully saturated rings. The standard InChI is InChI=1S/C20H15ClF2N6O2/c1-28-17-16(18(30)26-20(28)31)29(10-11-5-2-3-7-14(11)22)19(25-17)27-24-9-12-13(21)6-4-8-15(12)23/h2-9H,10H2,1H3,(H,25,27)(H,26,30,31)/b24-9-. The Morgan fingerprint density at radius 3 is 2.65 bits per heavy atom. The zero-order valence-corrected chi connectivity index (χ0v) is 16.8. The quantitative estimate of drug-likeness (QED) is 0.365. The van der Waals surface area contributed by atoms with Crippen molar-refractivity contribution in [3.05, 3.63) is 91.1 Å². The summed E-state index contributed by atoms with van der Waals surface area (Å²) in [6.45, 7) is -0.0667. The Bertz CT molecular complexity index is 1420. The normalized spacial score (nSPS) is 11.5. The molecule has 4 aromatic rings. The molecule has 0 spiro atoms. The van der Waals surface area contributed by atoms with Crippen LogP contribution in [-0.2, 0) is 13.6 Å². The van der Waals surface area contributed by atoms with E-state index in [2.05, 4.69) is 20.5 Å². The molecule has 2 aromatic heterocycles. The minimum atomic E-state index is -0.684. The summed E-state index contributed by atoms with van der Waals surface area (Å²) in [5, 5.41) is 4.12. The van der Waals surface area contributed by atoms with E-state index in [1.165, 1.54) is 35.9 Å². The molecule has 8 nitrogen and oxygen atoms in total. The number of nitrogens with zero attached hydrogens (tertiary/aromatic N) is 4. The summed E-state index contributed by atoms with van der Waals surface area (Å²) >= 11 is 5.99. The van der Waals surface area contributed by atoms with E-state index in [9.17, 15) is 18.4 Å². The smallest absolute Gasteiger partial charge is 0.298 e. The number of aromatic amines is 1. The average Bonchev–Trinajstić information content (AvgIpc) is 3.09. The van der Waals surface area contributed by atoms with E-state index in [4.69, 9.17) is 11.6 Å². The summed E-state index contributed by atoms with van der Waals surface area (Å²) in [5.74, 6) is -0.997. The van der Waals surface area contributed by atoms with Crippen molar-refractivity contribution in [3.8, 4) is 0 Å². The monoisotopic (exact) mass is 444 g/mol. The van der Waals surface area contributed by atoms with Gasteiger partial charge >= 0.3 is 5.69 Å². The van der Waals surface area contributed by atoms with Gasteiger partial charge in [0.15, 0.2) is 11.2 Å². The fourth-order valence-electron chi connectivity index (χ4n) is 3.06. The number of rotatable bonds is 5. The molecule has 11 heteroatoms. The molecule has 4 rings (SSSR count). The number of hydrazone groups is 1. The zero-order valence-electron chi connectivity index (χ0n) is 16.1. The second-order valence-corrected chi connectivity index (χ2v) is 7.02. The van der Waals surface area contributed by atoms with Gasteiger partial charge in [-0.1, -0.05) is 35.9 Å². The van der Waals surface area contributed by atoms with E-state index in [0.717, 1.165) is 10.8 Å². The summed E-state index contributed by atoms with van der Waals surface area (Å²) < 4.78 is 30.7. The third-order valence-electron chi connectivity index (χ3n) is 4.65. The number of hydrogen-bond acceptors (Lipinski definition) is 5. The molecule has 0 saturated carbocycles. The van der Waals surface area contributed by atoms with Gasteiger partial charge in [-0.15, -0.1) is 0 Å². The molecule has 0 saturated heterocycles. The number of anilines is 1. The van der Waals surface area contributed by atoms with Crippen molar-refractivity contribution < 1.29 is 8.78 Å². The Balaban J connectivity index is 1.82. The number of aromatic nitrogens is 4. The molecule has 0 amide bonds. The van der Waals surface area contributed by atoms with Crippen molar-refractivity contribution in [2.75, 3.05) is 5.43 Å². The van der Waals surface area contributed by atoms with Crippen LogP contribution in [0.1, 0.15) is 11.1 Å². The molecule has 0 radical (unpaired) electrons. The molecule has 2 heterocycles. The first kappa shape index (κ1) is 20.5. The van der Waals surface area contributed by atoms with E-state index >= 15 is 0 Å². The van der Waals surface area contributed by atoms with Crippen LogP contribution in [0.5, 0.6) is 0 Å². The van der Waals surface area contributed by atoms with Gasteiger partial charge in [-0.05, 0) is 18.2 Å². The summed E-state index contributed by atoms with van der Waals surface area (Å²) in [6.07, 6.45) is 1.16. The first-order valence-corrected chi connectivity index (χ1v) is 9.40. The van der Waals surface area contributed by atoms with E-state index in [0.29, 0.717) is 5.56 Å². The van der Waals surface area contributed by atoms with Crippen LogP contribution in [0.2, 0.25) is 5.02 Å². The van der Waals surface area contributed by atoms with Crippen LogP contribution in [0.25, 0.3) is 11.2 Å². The van der Waals surface area contributed by atoms with Crippen LogP contribution in [-0.4, -0.2) is 25.3 Å². The summed E-state index contributed by atoms with van der Waals surface area (Å²) in [5.41, 5.74) is 1.76. The van der Waals surface area contributed by atoms with E-state index in [1.807, 2.05) is 0 Å². The van der Waals surface area contributed by atoms with Gasteiger partial charge in [0.1, 0.15) is 11.6 Å². The highest BCUT2D eigenvalue weighted by atomic mass is 35.5. The highest BCUT2D eigenvalue weighted by Crippen LogP contribution is 2.20. The molecule has 0 bridgehead atoms. The van der Waals surface area contributed by atoms with Crippen LogP contribution in [0.3, 0.4) is 0 Å². The van der Waals surface area contributed by atoms with Crippen molar-refractivity contribution in [1.29, 1.82) is 0 Å². The van der Waals surface area contributed by atoms with Gasteiger partial charge in [0.2, 0.25) is 5.95 Å². The van der Waals surface area contributed by atoms with Crippen LogP contribution in [0.4, 0.5) is 14.7 Å². The molecule has 0 aliphatic carbocycles. The van der Waals surface area contributed by atoms with Gasteiger partial charge in [-0.2, -0.15) is 10.1 Å². The van der Waals surface area contributed by atoms with Crippen molar-refractivity contribution in [1.82, 2.24) is 19.1 Å². The maximum Gasteiger partial charge on any atom is 0.329 e. The molecule has 0 aliphatic rings. The molecule has 0 aliphatic heterocycles. The number of nitrogens with one attached hydrogen (secondary N) is 2. The van der Waals surface area contributed by atoms with Gasteiger partial charge in [0.05, 0.1) is 17.8 Å². The predicted molar refractivity (Wildman–Crippen MR) is 114 cm³/mol. The van der Waals surface area contributed by atoms with Gasteiger partial charge in [-0.25, -0.2) is 19.0 Å². The van der Waals surface area contributed by atoms with Gasteiger partial charge in [-0.3, -0.25) is 18.9 Å². The van der Waals surface area contributed by atoms with Crippen molar-refractivity contribution in [3.63, 3.8) is 0 Å². The number of imidazole rings is 1. The molecular weight excluding hydrogens is 430 g/mol. The lowest BCUT2D eigenvalue weighted by Crippen LogP contribution is -2.29. The Kier molecular flexibility index (Phi) is 5.38. The van der Waals surface area contributed by atoms with Gasteiger partial charge < -0.3 is 0 Å². The fraction of sp³-hybridized carbons (Fsp3) is 0.100. The number of hydrogen-bond donors (Lipinski definition) is 2. The molecule has 2 N–H and O–H groups in total. The third-order valence-corrected chi connectivity index (χ3v) is 4.98. The lowest BCUT2D eigenvalue weighted by molar-refractivity contribution is 0.602. The highest BCUT2D eigenvalue weighted by Gasteiger charge is 2.18. The predicted octanol–water partition coefficient (Wildman–Crippen LogP) is 2.85. The Morgan fingerprint density at radius 1 is 1.16 bits per heavy atom. The first-order chi connectivity index (χ1) is 14.9. The second kappa shape index (κ2) is 8.15. The maximum absolute atomic E-state index is 14.2. The van der Waals surface area contributed by atoms with Crippen LogP contribution < -0.4 is 16.7 Å². The number of fused-ring (bicyclic) bond motifs is 1. The minimum absolute atomic E-state index is 0.0481. The van der Waals surface area contributed by atoms with Crippen molar-refractivity contribution in [2.45, 2.75) is 6.54 Å². The largest absolute Gasteiger partial charge is 0.329 e. The Morgan fingerprint density at radius 2 is 1.90 bits per heavy atom.